The van der Waals surface area contributed by atoms with E-state index in [-0.39, 0.29) is 11.3 Å². The summed E-state index contributed by atoms with van der Waals surface area (Å²) in [6, 6.07) is 6.06. The third-order valence-corrected chi connectivity index (χ3v) is 5.54. The van der Waals surface area contributed by atoms with Crippen molar-refractivity contribution in [3.8, 4) is 0 Å². The summed E-state index contributed by atoms with van der Waals surface area (Å²) in [6.07, 6.45) is 0.704. The number of methoxy groups -OCH3 is 1. The summed E-state index contributed by atoms with van der Waals surface area (Å²) in [5.41, 5.74) is -1.54. The molecule has 3 aliphatic rings. The van der Waals surface area contributed by atoms with Gasteiger partial charge in [-0.1, -0.05) is 18.2 Å². The minimum Gasteiger partial charge on any atom is -0.465 e. The molecule has 1 aromatic carbocycles. The van der Waals surface area contributed by atoms with Gasteiger partial charge >= 0.3 is 17.9 Å². The zero-order valence-corrected chi connectivity index (χ0v) is 16.9. The third kappa shape index (κ3) is 3.02. The number of carbonyl (C=O) groups is 5. The molecule has 31 heavy (non-hydrogen) atoms. The van der Waals surface area contributed by atoms with Crippen molar-refractivity contribution in [2.45, 2.75) is 31.8 Å². The number of rotatable bonds is 5. The van der Waals surface area contributed by atoms with E-state index in [0.717, 1.165) is 18.7 Å². The van der Waals surface area contributed by atoms with Crippen LogP contribution in [0.25, 0.3) is 0 Å². The molecule has 0 aliphatic carbocycles. The predicted octanol–water partition coefficient (Wildman–Crippen LogP) is 0.738. The molecule has 0 unspecified atom stereocenters. The molecule has 0 saturated carbocycles. The number of nitrogens with zero attached hydrogens (tertiary/aromatic N) is 1. The summed E-state index contributed by atoms with van der Waals surface area (Å²) in [5, 5.41) is 0. The van der Waals surface area contributed by atoms with Gasteiger partial charge in [0.2, 0.25) is 11.8 Å². The van der Waals surface area contributed by atoms with E-state index in [1.54, 1.807) is 18.2 Å². The summed E-state index contributed by atoms with van der Waals surface area (Å²) < 4.78 is 21.0. The molecule has 10 heteroatoms. The molecule has 2 fully saturated rings. The Kier molecular flexibility index (Phi) is 4.89. The largest absolute Gasteiger partial charge is 0.465 e. The third-order valence-electron chi connectivity index (χ3n) is 5.54. The zero-order valence-electron chi connectivity index (χ0n) is 16.9. The Balaban J connectivity index is 1.77. The average Bonchev–Trinajstić information content (AvgIpc) is 3.37. The van der Waals surface area contributed by atoms with Crippen LogP contribution in [0.3, 0.4) is 0 Å². The zero-order chi connectivity index (χ0) is 22.5. The van der Waals surface area contributed by atoms with E-state index < -0.39 is 59.6 Å². The maximum absolute atomic E-state index is 13.5. The van der Waals surface area contributed by atoms with Crippen molar-refractivity contribution in [3.63, 3.8) is 0 Å². The van der Waals surface area contributed by atoms with Crippen molar-refractivity contribution in [2.24, 2.45) is 11.8 Å². The van der Waals surface area contributed by atoms with E-state index in [4.69, 9.17) is 18.9 Å². The second-order valence-electron chi connectivity index (χ2n) is 7.37. The maximum Gasteiger partial charge on any atom is 0.339 e. The number of esters is 3. The quantitative estimate of drug-likeness (QED) is 0.288. The fourth-order valence-corrected chi connectivity index (χ4v) is 4.41. The summed E-state index contributed by atoms with van der Waals surface area (Å²) in [7, 11) is 1.19. The normalized spacial score (nSPS) is 28.1. The van der Waals surface area contributed by atoms with Gasteiger partial charge in [0, 0.05) is 13.8 Å². The second-order valence-corrected chi connectivity index (χ2v) is 7.37. The van der Waals surface area contributed by atoms with Crippen molar-refractivity contribution >= 4 is 35.4 Å². The molecule has 162 valence electrons. The molecule has 4 atom stereocenters. The molecule has 4 rings (SSSR count). The molecule has 3 aliphatic heterocycles. The van der Waals surface area contributed by atoms with Gasteiger partial charge in [-0.3, -0.25) is 19.2 Å². The minimum atomic E-state index is -1.66. The molecular formula is C21H19NO9. The van der Waals surface area contributed by atoms with Crippen molar-refractivity contribution in [2.75, 3.05) is 12.0 Å². The van der Waals surface area contributed by atoms with E-state index >= 15 is 0 Å². The van der Waals surface area contributed by atoms with E-state index in [0.29, 0.717) is 0 Å². The predicted molar refractivity (Wildman–Crippen MR) is 101 cm³/mol. The number of amides is 2. The number of hydrogen-bond donors (Lipinski definition) is 0. The highest BCUT2D eigenvalue weighted by molar-refractivity contribution is 6.25. The molecule has 2 amide bonds. The van der Waals surface area contributed by atoms with Gasteiger partial charge in [-0.25, -0.2) is 9.69 Å². The number of benzene rings is 1. The first-order valence-corrected chi connectivity index (χ1v) is 9.48. The van der Waals surface area contributed by atoms with Gasteiger partial charge in [-0.2, -0.15) is 0 Å². The number of fused-ring (bicyclic) bond motifs is 5. The fraction of sp³-hybridized carbons (Fsp3) is 0.381. The van der Waals surface area contributed by atoms with E-state index in [9.17, 15) is 24.0 Å². The number of imide groups is 1. The van der Waals surface area contributed by atoms with Crippen molar-refractivity contribution < 1.29 is 42.9 Å². The Morgan fingerprint density at radius 1 is 1.06 bits per heavy atom. The summed E-state index contributed by atoms with van der Waals surface area (Å²) in [6.45, 7) is 2.24. The molecule has 2 bridgehead atoms. The van der Waals surface area contributed by atoms with Gasteiger partial charge in [0.25, 0.3) is 6.29 Å². The lowest BCUT2D eigenvalue weighted by atomic mass is 9.76. The minimum absolute atomic E-state index is 0.0402. The summed E-state index contributed by atoms with van der Waals surface area (Å²) in [5.74, 6) is -5.52. The Morgan fingerprint density at radius 2 is 1.71 bits per heavy atom. The molecule has 0 radical (unpaired) electrons. The molecule has 2 saturated heterocycles. The monoisotopic (exact) mass is 429 g/mol. The maximum atomic E-state index is 13.5. The lowest BCUT2D eigenvalue weighted by Crippen LogP contribution is -2.52. The second kappa shape index (κ2) is 7.31. The van der Waals surface area contributed by atoms with Gasteiger partial charge in [0.1, 0.15) is 0 Å². The molecule has 10 nitrogen and oxygen atoms in total. The topological polar surface area (TPSA) is 126 Å². The number of hydrogen-bond acceptors (Lipinski definition) is 9. The van der Waals surface area contributed by atoms with Crippen LogP contribution in [-0.2, 0) is 38.1 Å². The first-order valence-electron chi connectivity index (χ1n) is 9.48. The number of ether oxygens (including phenoxy) is 4. The first-order chi connectivity index (χ1) is 14.7. The standard InChI is InChI=1S/C21H19NO9/c1-10(23)29-20(30-11(2)24)21-9-8-14(31-21)15-16(21)18(26)22(17(15)25)13-7-5-4-6-12(13)19(27)28-3/h4-9,14-16,20H,1-3H3/t14-,15+,16-,21+/m0/s1. The van der Waals surface area contributed by atoms with E-state index in [1.165, 1.54) is 25.3 Å². The van der Waals surface area contributed by atoms with Crippen LogP contribution in [0.5, 0.6) is 0 Å². The van der Waals surface area contributed by atoms with Crippen LogP contribution in [0.15, 0.2) is 36.4 Å². The Hall–Kier alpha value is -3.53. The number of para-hydroxylation sites is 1. The van der Waals surface area contributed by atoms with Crippen LogP contribution in [0.1, 0.15) is 24.2 Å². The smallest absolute Gasteiger partial charge is 0.339 e. The van der Waals surface area contributed by atoms with Crippen LogP contribution in [0, 0.1) is 11.8 Å². The van der Waals surface area contributed by atoms with E-state index in [1.807, 2.05) is 0 Å². The highest BCUT2D eigenvalue weighted by atomic mass is 16.7. The van der Waals surface area contributed by atoms with E-state index in [2.05, 4.69) is 0 Å². The van der Waals surface area contributed by atoms with Crippen LogP contribution in [0.2, 0.25) is 0 Å². The molecule has 1 aromatic rings. The highest BCUT2D eigenvalue weighted by Gasteiger charge is 2.72. The van der Waals surface area contributed by atoms with Gasteiger partial charge in [-0.15, -0.1) is 0 Å². The Morgan fingerprint density at radius 3 is 2.32 bits per heavy atom. The lowest BCUT2D eigenvalue weighted by molar-refractivity contribution is -0.226. The van der Waals surface area contributed by atoms with Crippen molar-refractivity contribution in [3.05, 3.63) is 42.0 Å². The average molecular weight is 429 g/mol. The van der Waals surface area contributed by atoms with Crippen LogP contribution in [-0.4, -0.2) is 54.8 Å². The molecular weight excluding hydrogens is 410 g/mol. The highest BCUT2D eigenvalue weighted by Crippen LogP contribution is 2.55. The molecule has 0 N–H and O–H groups in total. The lowest BCUT2D eigenvalue weighted by Gasteiger charge is -2.34. The fourth-order valence-electron chi connectivity index (χ4n) is 4.41. The number of anilines is 1. The summed E-state index contributed by atoms with van der Waals surface area (Å²) >= 11 is 0. The Bertz CT molecular complexity index is 1020. The first kappa shape index (κ1) is 20.7. The van der Waals surface area contributed by atoms with Crippen LogP contribution >= 0.6 is 0 Å². The van der Waals surface area contributed by atoms with Gasteiger partial charge < -0.3 is 18.9 Å². The van der Waals surface area contributed by atoms with Crippen molar-refractivity contribution in [1.29, 1.82) is 0 Å². The molecule has 0 aromatic heterocycles. The summed E-state index contributed by atoms with van der Waals surface area (Å²) in [4.78, 5) is 63.1. The van der Waals surface area contributed by atoms with Gasteiger partial charge in [0.15, 0.2) is 5.60 Å². The van der Waals surface area contributed by atoms with Crippen LogP contribution in [0.4, 0.5) is 5.69 Å². The van der Waals surface area contributed by atoms with Gasteiger partial charge in [-0.05, 0) is 18.2 Å². The SMILES string of the molecule is COC(=O)c1ccccc1N1C(=O)[C@@H]2[C@@H]3C=C[C@@](C(OC(C)=O)OC(C)=O)(O3)[C@@H]2C1=O. The number of carbonyl (C=O) groups excluding carboxylic acids is 5. The molecule has 0 spiro atoms. The molecule has 3 heterocycles. The van der Waals surface area contributed by atoms with Crippen LogP contribution < -0.4 is 4.90 Å². The Labute approximate surface area is 176 Å². The van der Waals surface area contributed by atoms with Gasteiger partial charge in [0.05, 0.1) is 36.3 Å². The van der Waals surface area contributed by atoms with Crippen molar-refractivity contribution in [1.82, 2.24) is 0 Å².